The highest BCUT2D eigenvalue weighted by Crippen LogP contribution is 2.13. The molecule has 6 heteroatoms. The Labute approximate surface area is 97.8 Å². The van der Waals surface area contributed by atoms with Crippen molar-refractivity contribution in [1.29, 1.82) is 0 Å². The lowest BCUT2D eigenvalue weighted by molar-refractivity contribution is -0.139. The number of hydrogen-bond acceptors (Lipinski definition) is 4. The van der Waals surface area contributed by atoms with Crippen LogP contribution >= 0.6 is 0 Å². The lowest BCUT2D eigenvalue weighted by Crippen LogP contribution is -2.35. The minimum absolute atomic E-state index is 0.206. The molecule has 0 heterocycles. The van der Waals surface area contributed by atoms with Gasteiger partial charge in [-0.15, -0.1) is 0 Å². The highest BCUT2D eigenvalue weighted by atomic mass is 16.7. The van der Waals surface area contributed by atoms with Gasteiger partial charge < -0.3 is 20.3 Å². The SMILES string of the molecule is CN[C@@H](Cc1ccc(OC(=O)O)cc1)C(=O)O. The van der Waals surface area contributed by atoms with Crippen LogP contribution in [-0.2, 0) is 11.2 Å². The standard InChI is InChI=1S/C11H13NO5/c1-12-9(10(13)14)6-7-2-4-8(5-3-7)17-11(15)16/h2-5,9,12H,6H2,1H3,(H,13,14)(H,15,16)/t9-/m0/s1. The molecule has 0 saturated heterocycles. The molecule has 0 unspecified atom stereocenters. The number of carboxylic acid groups (broad SMARTS) is 2. The van der Waals surface area contributed by atoms with Gasteiger partial charge in [-0.2, -0.15) is 0 Å². The lowest BCUT2D eigenvalue weighted by Gasteiger charge is -2.11. The summed E-state index contributed by atoms with van der Waals surface area (Å²) in [7, 11) is 1.57. The molecule has 0 bridgehead atoms. The predicted octanol–water partition coefficient (Wildman–Crippen LogP) is 0.958. The zero-order chi connectivity index (χ0) is 12.8. The van der Waals surface area contributed by atoms with E-state index in [2.05, 4.69) is 10.1 Å². The molecule has 0 aliphatic carbocycles. The highest BCUT2D eigenvalue weighted by Gasteiger charge is 2.15. The van der Waals surface area contributed by atoms with Gasteiger partial charge in [-0.25, -0.2) is 4.79 Å². The summed E-state index contributed by atoms with van der Waals surface area (Å²) in [5.74, 6) is -0.726. The summed E-state index contributed by atoms with van der Waals surface area (Å²) < 4.78 is 4.43. The van der Waals surface area contributed by atoms with Gasteiger partial charge in [-0.1, -0.05) is 12.1 Å². The number of benzene rings is 1. The number of carbonyl (C=O) groups is 2. The fourth-order valence-electron chi connectivity index (χ4n) is 1.34. The third kappa shape index (κ3) is 4.12. The topological polar surface area (TPSA) is 95.9 Å². The molecule has 0 fully saturated rings. The van der Waals surface area contributed by atoms with Crippen LogP contribution in [-0.4, -0.2) is 35.4 Å². The first-order chi connectivity index (χ1) is 8.02. The monoisotopic (exact) mass is 239 g/mol. The minimum atomic E-state index is -1.38. The summed E-state index contributed by atoms with van der Waals surface area (Å²) in [6.07, 6.45) is -1.06. The van der Waals surface area contributed by atoms with E-state index in [1.807, 2.05) is 0 Å². The maximum Gasteiger partial charge on any atom is 0.511 e. The van der Waals surface area contributed by atoms with Crippen LogP contribution in [0.1, 0.15) is 5.56 Å². The van der Waals surface area contributed by atoms with Crippen LogP contribution in [0.25, 0.3) is 0 Å². The van der Waals surface area contributed by atoms with Crippen molar-refractivity contribution in [2.75, 3.05) is 7.05 Å². The molecular weight excluding hydrogens is 226 g/mol. The molecular formula is C11H13NO5. The number of likely N-dealkylation sites (N-methyl/N-ethyl adjacent to an activating group) is 1. The van der Waals surface area contributed by atoms with Crippen molar-refractivity contribution in [1.82, 2.24) is 5.32 Å². The van der Waals surface area contributed by atoms with Crippen LogP contribution in [0, 0.1) is 0 Å². The van der Waals surface area contributed by atoms with E-state index >= 15 is 0 Å². The van der Waals surface area contributed by atoms with E-state index in [0.717, 1.165) is 5.56 Å². The Morgan fingerprint density at radius 1 is 1.29 bits per heavy atom. The summed E-state index contributed by atoms with van der Waals surface area (Å²) in [6, 6.07) is 5.56. The second-order valence-electron chi connectivity index (χ2n) is 3.40. The molecule has 1 rings (SSSR count). The molecule has 0 radical (unpaired) electrons. The van der Waals surface area contributed by atoms with Gasteiger partial charge in [0.1, 0.15) is 11.8 Å². The zero-order valence-corrected chi connectivity index (χ0v) is 9.21. The lowest BCUT2D eigenvalue weighted by atomic mass is 10.1. The van der Waals surface area contributed by atoms with Crippen LogP contribution in [0.4, 0.5) is 4.79 Å². The first-order valence-electron chi connectivity index (χ1n) is 4.92. The van der Waals surface area contributed by atoms with Gasteiger partial charge >= 0.3 is 12.1 Å². The second-order valence-corrected chi connectivity index (χ2v) is 3.40. The number of aliphatic carboxylic acids is 1. The maximum absolute atomic E-state index is 10.8. The van der Waals surface area contributed by atoms with Crippen LogP contribution in [0.5, 0.6) is 5.75 Å². The maximum atomic E-state index is 10.8. The van der Waals surface area contributed by atoms with Gasteiger partial charge in [-0.3, -0.25) is 4.79 Å². The second kappa shape index (κ2) is 5.86. The van der Waals surface area contributed by atoms with E-state index in [9.17, 15) is 9.59 Å². The summed E-state index contributed by atoms with van der Waals surface area (Å²) in [5, 5.41) is 19.9. The molecule has 0 saturated carbocycles. The van der Waals surface area contributed by atoms with Crippen molar-refractivity contribution in [3.8, 4) is 5.75 Å². The molecule has 0 spiro atoms. The van der Waals surface area contributed by atoms with Crippen LogP contribution in [0.2, 0.25) is 0 Å². The molecule has 0 aromatic heterocycles. The van der Waals surface area contributed by atoms with Gasteiger partial charge in [0.05, 0.1) is 0 Å². The molecule has 6 nitrogen and oxygen atoms in total. The molecule has 0 aliphatic rings. The van der Waals surface area contributed by atoms with Gasteiger partial charge in [0.15, 0.2) is 0 Å². The van der Waals surface area contributed by atoms with Gasteiger partial charge in [0.2, 0.25) is 0 Å². The third-order valence-corrected chi connectivity index (χ3v) is 2.21. The van der Waals surface area contributed by atoms with Crippen molar-refractivity contribution in [3.63, 3.8) is 0 Å². The zero-order valence-electron chi connectivity index (χ0n) is 9.21. The normalized spacial score (nSPS) is 11.8. The molecule has 1 aromatic rings. The van der Waals surface area contributed by atoms with Gasteiger partial charge in [0.25, 0.3) is 0 Å². The Balaban J connectivity index is 2.67. The third-order valence-electron chi connectivity index (χ3n) is 2.21. The highest BCUT2D eigenvalue weighted by molar-refractivity contribution is 5.73. The molecule has 1 atom stereocenters. The number of ether oxygens (including phenoxy) is 1. The van der Waals surface area contributed by atoms with E-state index < -0.39 is 18.2 Å². The first kappa shape index (κ1) is 13.0. The predicted molar refractivity (Wildman–Crippen MR) is 59.3 cm³/mol. The largest absolute Gasteiger partial charge is 0.511 e. The van der Waals surface area contributed by atoms with Crippen molar-refractivity contribution in [3.05, 3.63) is 29.8 Å². The Kier molecular flexibility index (Phi) is 4.47. The molecule has 0 aliphatic heterocycles. The smallest absolute Gasteiger partial charge is 0.480 e. The Bertz CT molecular complexity index is 401. The van der Waals surface area contributed by atoms with Crippen LogP contribution in [0.3, 0.4) is 0 Å². The van der Waals surface area contributed by atoms with E-state index in [1.54, 1.807) is 19.2 Å². The van der Waals surface area contributed by atoms with E-state index in [-0.39, 0.29) is 5.75 Å². The average molecular weight is 239 g/mol. The molecule has 1 aromatic carbocycles. The van der Waals surface area contributed by atoms with Crippen LogP contribution in [0.15, 0.2) is 24.3 Å². The number of hydrogen-bond donors (Lipinski definition) is 3. The Hall–Kier alpha value is -2.08. The molecule has 92 valence electrons. The summed E-state index contributed by atoms with van der Waals surface area (Å²) >= 11 is 0. The van der Waals surface area contributed by atoms with E-state index in [0.29, 0.717) is 6.42 Å². The van der Waals surface area contributed by atoms with Crippen molar-refractivity contribution in [2.45, 2.75) is 12.5 Å². The first-order valence-corrected chi connectivity index (χ1v) is 4.92. The number of carboxylic acids is 1. The quantitative estimate of drug-likeness (QED) is 0.523. The van der Waals surface area contributed by atoms with Crippen molar-refractivity contribution < 1.29 is 24.5 Å². The van der Waals surface area contributed by atoms with Crippen molar-refractivity contribution in [2.24, 2.45) is 0 Å². The van der Waals surface area contributed by atoms with Crippen LogP contribution < -0.4 is 10.1 Å². The number of rotatable bonds is 5. The van der Waals surface area contributed by atoms with Gasteiger partial charge in [0, 0.05) is 0 Å². The number of nitrogens with one attached hydrogen (secondary N) is 1. The molecule has 3 N–H and O–H groups in total. The minimum Gasteiger partial charge on any atom is -0.480 e. The Morgan fingerprint density at radius 3 is 2.29 bits per heavy atom. The van der Waals surface area contributed by atoms with E-state index in [1.165, 1.54) is 12.1 Å². The summed E-state index contributed by atoms with van der Waals surface area (Å²) in [6.45, 7) is 0. The van der Waals surface area contributed by atoms with Crippen molar-refractivity contribution >= 4 is 12.1 Å². The molecule has 17 heavy (non-hydrogen) atoms. The van der Waals surface area contributed by atoms with Gasteiger partial charge in [-0.05, 0) is 31.2 Å². The molecule has 0 amide bonds. The van der Waals surface area contributed by atoms with E-state index in [4.69, 9.17) is 10.2 Å². The summed E-state index contributed by atoms with van der Waals surface area (Å²) in [5.41, 5.74) is 0.782. The summed E-state index contributed by atoms with van der Waals surface area (Å²) in [4.78, 5) is 21.0. The Morgan fingerprint density at radius 2 is 1.88 bits per heavy atom. The fourth-order valence-corrected chi connectivity index (χ4v) is 1.34. The average Bonchev–Trinajstić information content (AvgIpc) is 2.26. The fraction of sp³-hybridized carbons (Fsp3) is 0.273.